The molecule has 38 heavy (non-hydrogen) atoms. The summed E-state index contributed by atoms with van der Waals surface area (Å²) < 4.78 is 28.7. The first-order chi connectivity index (χ1) is 17.9. The van der Waals surface area contributed by atoms with E-state index in [1.807, 2.05) is 33.8 Å². The molecular weight excluding hydrogens is 522 g/mol. The van der Waals surface area contributed by atoms with Crippen molar-refractivity contribution in [3.8, 4) is 0 Å². The third-order valence-corrected chi connectivity index (χ3v) is 8.25. The minimum Gasteiger partial charge on any atom is -0.352 e. The standard InChI is InChI=1S/C29H34ClN3O4S/c1-20(2)31-29(35)23(5)32(18-24-10-9-11-25(30)17-24)28(34)19-33(26-15-14-21(3)22(4)16-26)38(36,37)27-12-7-6-8-13-27/h6-17,20,23H,18-19H2,1-5H3,(H,31,35). The van der Waals surface area contributed by atoms with Gasteiger partial charge in [0.25, 0.3) is 10.0 Å². The summed E-state index contributed by atoms with van der Waals surface area (Å²) in [4.78, 5) is 28.3. The highest BCUT2D eigenvalue weighted by Crippen LogP contribution is 2.26. The van der Waals surface area contributed by atoms with Crippen LogP contribution >= 0.6 is 11.6 Å². The number of aryl methyl sites for hydroxylation is 2. The smallest absolute Gasteiger partial charge is 0.264 e. The van der Waals surface area contributed by atoms with Crippen LogP contribution in [-0.4, -0.2) is 43.8 Å². The van der Waals surface area contributed by atoms with Crippen LogP contribution in [0.4, 0.5) is 5.69 Å². The Balaban J connectivity index is 2.05. The van der Waals surface area contributed by atoms with Gasteiger partial charge in [-0.05, 0) is 87.7 Å². The zero-order chi connectivity index (χ0) is 28.0. The molecule has 0 aliphatic carbocycles. The molecule has 0 aromatic heterocycles. The quantitative estimate of drug-likeness (QED) is 0.377. The van der Waals surface area contributed by atoms with Gasteiger partial charge in [-0.15, -0.1) is 0 Å². The van der Waals surface area contributed by atoms with Crippen LogP contribution < -0.4 is 9.62 Å². The Morgan fingerprint density at radius 2 is 1.58 bits per heavy atom. The fourth-order valence-corrected chi connectivity index (χ4v) is 5.59. The number of nitrogens with one attached hydrogen (secondary N) is 1. The van der Waals surface area contributed by atoms with Crippen LogP contribution in [0, 0.1) is 13.8 Å². The summed E-state index contributed by atoms with van der Waals surface area (Å²) in [6, 6.07) is 19.3. The molecule has 3 aromatic rings. The Morgan fingerprint density at radius 3 is 2.18 bits per heavy atom. The van der Waals surface area contributed by atoms with Crippen LogP contribution in [-0.2, 0) is 26.2 Å². The number of amides is 2. The third kappa shape index (κ3) is 7.14. The largest absolute Gasteiger partial charge is 0.352 e. The van der Waals surface area contributed by atoms with E-state index in [1.54, 1.807) is 61.5 Å². The van der Waals surface area contributed by atoms with Crippen LogP contribution in [0.3, 0.4) is 0 Å². The molecular formula is C29H34ClN3O4S. The summed E-state index contributed by atoms with van der Waals surface area (Å²) in [6.45, 7) is 8.72. The normalized spacial score (nSPS) is 12.2. The second kappa shape index (κ2) is 12.5. The van der Waals surface area contributed by atoms with Gasteiger partial charge in [0.1, 0.15) is 12.6 Å². The van der Waals surface area contributed by atoms with E-state index in [0.717, 1.165) is 21.0 Å². The number of hydrogen-bond donors (Lipinski definition) is 1. The molecule has 0 spiro atoms. The number of halogens is 1. The zero-order valence-corrected chi connectivity index (χ0v) is 23.9. The molecule has 1 atom stereocenters. The average Bonchev–Trinajstić information content (AvgIpc) is 2.87. The Morgan fingerprint density at radius 1 is 0.895 bits per heavy atom. The minimum absolute atomic E-state index is 0.0676. The minimum atomic E-state index is -4.09. The van der Waals surface area contributed by atoms with Crippen LogP contribution in [0.25, 0.3) is 0 Å². The van der Waals surface area contributed by atoms with Gasteiger partial charge in [0.05, 0.1) is 10.6 Å². The van der Waals surface area contributed by atoms with Crippen LogP contribution in [0.15, 0.2) is 77.7 Å². The van der Waals surface area contributed by atoms with Gasteiger partial charge in [-0.25, -0.2) is 8.42 Å². The summed E-state index contributed by atoms with van der Waals surface area (Å²) in [5.74, 6) is -0.854. The Kier molecular flexibility index (Phi) is 9.57. The Bertz CT molecular complexity index is 1390. The molecule has 3 rings (SSSR count). The third-order valence-electron chi connectivity index (χ3n) is 6.23. The van der Waals surface area contributed by atoms with Gasteiger partial charge in [-0.1, -0.05) is 48.0 Å². The van der Waals surface area contributed by atoms with Gasteiger partial charge in [0, 0.05) is 17.6 Å². The SMILES string of the molecule is Cc1ccc(N(CC(=O)N(Cc2cccc(Cl)c2)C(C)C(=O)NC(C)C)S(=O)(=O)c2ccccc2)cc1C. The van der Waals surface area contributed by atoms with Gasteiger partial charge < -0.3 is 10.2 Å². The van der Waals surface area contributed by atoms with Crippen LogP contribution in [0.2, 0.25) is 5.02 Å². The fraction of sp³-hybridized carbons (Fsp3) is 0.310. The molecule has 0 aliphatic rings. The lowest BCUT2D eigenvalue weighted by atomic mass is 10.1. The van der Waals surface area contributed by atoms with Crippen molar-refractivity contribution in [2.45, 2.75) is 58.1 Å². The molecule has 0 aliphatic heterocycles. The Labute approximate surface area is 230 Å². The number of anilines is 1. The summed E-state index contributed by atoms with van der Waals surface area (Å²) in [7, 11) is -4.09. The highest BCUT2D eigenvalue weighted by molar-refractivity contribution is 7.92. The molecule has 0 fully saturated rings. The molecule has 0 saturated carbocycles. The molecule has 1 unspecified atom stereocenters. The van der Waals surface area contributed by atoms with Gasteiger partial charge in [0.2, 0.25) is 11.8 Å². The predicted molar refractivity (Wildman–Crippen MR) is 152 cm³/mol. The molecule has 0 heterocycles. The van der Waals surface area contributed by atoms with E-state index in [2.05, 4.69) is 5.32 Å². The highest BCUT2D eigenvalue weighted by Gasteiger charge is 2.32. The maximum atomic E-state index is 13.9. The number of sulfonamides is 1. The average molecular weight is 556 g/mol. The first-order valence-corrected chi connectivity index (χ1v) is 14.2. The van der Waals surface area contributed by atoms with E-state index < -0.39 is 28.5 Å². The molecule has 0 saturated heterocycles. The number of carbonyl (C=O) groups excluding carboxylic acids is 2. The second-order valence-corrected chi connectivity index (χ2v) is 11.9. The molecule has 0 bridgehead atoms. The van der Waals surface area contributed by atoms with Crippen molar-refractivity contribution < 1.29 is 18.0 Å². The van der Waals surface area contributed by atoms with E-state index in [4.69, 9.17) is 11.6 Å². The van der Waals surface area contributed by atoms with Gasteiger partial charge in [-0.2, -0.15) is 0 Å². The lowest BCUT2D eigenvalue weighted by Crippen LogP contribution is -2.52. The molecule has 0 radical (unpaired) electrons. The number of hydrogen-bond acceptors (Lipinski definition) is 4. The molecule has 9 heteroatoms. The van der Waals surface area contributed by atoms with Crippen molar-refractivity contribution in [2.24, 2.45) is 0 Å². The van der Waals surface area contributed by atoms with Crippen molar-refractivity contribution in [3.05, 3.63) is 94.5 Å². The van der Waals surface area contributed by atoms with Gasteiger partial charge in [-0.3, -0.25) is 13.9 Å². The number of carbonyl (C=O) groups is 2. The maximum Gasteiger partial charge on any atom is 0.264 e. The van der Waals surface area contributed by atoms with Crippen LogP contribution in [0.1, 0.15) is 37.5 Å². The van der Waals surface area contributed by atoms with Crippen LogP contribution in [0.5, 0.6) is 0 Å². The predicted octanol–water partition coefficient (Wildman–Crippen LogP) is 5.09. The molecule has 3 aromatic carbocycles. The number of rotatable bonds is 10. The van der Waals surface area contributed by atoms with Crippen molar-refractivity contribution in [2.75, 3.05) is 10.8 Å². The lowest BCUT2D eigenvalue weighted by Gasteiger charge is -2.32. The van der Waals surface area contributed by atoms with Crippen molar-refractivity contribution >= 4 is 39.1 Å². The zero-order valence-electron chi connectivity index (χ0n) is 22.3. The fourth-order valence-electron chi connectivity index (χ4n) is 3.95. The van der Waals surface area contributed by atoms with E-state index >= 15 is 0 Å². The molecule has 7 nitrogen and oxygen atoms in total. The maximum absolute atomic E-state index is 13.9. The van der Waals surface area contributed by atoms with Gasteiger partial charge in [0.15, 0.2) is 0 Å². The van der Waals surface area contributed by atoms with E-state index in [-0.39, 0.29) is 23.4 Å². The number of nitrogens with zero attached hydrogens (tertiary/aromatic N) is 2. The topological polar surface area (TPSA) is 86.8 Å². The van der Waals surface area contributed by atoms with Crippen molar-refractivity contribution in [1.82, 2.24) is 10.2 Å². The lowest BCUT2D eigenvalue weighted by molar-refractivity contribution is -0.139. The van der Waals surface area contributed by atoms with Gasteiger partial charge >= 0.3 is 0 Å². The molecule has 2 amide bonds. The van der Waals surface area contributed by atoms with E-state index in [1.165, 1.54) is 17.0 Å². The molecule has 1 N–H and O–H groups in total. The summed E-state index contributed by atoms with van der Waals surface area (Å²) in [6.07, 6.45) is 0. The van der Waals surface area contributed by atoms with Crippen molar-refractivity contribution in [3.63, 3.8) is 0 Å². The summed E-state index contributed by atoms with van der Waals surface area (Å²) in [5.41, 5.74) is 2.98. The summed E-state index contributed by atoms with van der Waals surface area (Å²) >= 11 is 6.17. The second-order valence-electron chi connectivity index (χ2n) is 9.58. The first-order valence-electron chi connectivity index (χ1n) is 12.4. The summed E-state index contributed by atoms with van der Waals surface area (Å²) in [5, 5.41) is 3.34. The first kappa shape index (κ1) is 29.2. The Hall–Kier alpha value is -3.36. The highest BCUT2D eigenvalue weighted by atomic mass is 35.5. The van der Waals surface area contributed by atoms with E-state index in [9.17, 15) is 18.0 Å². The monoisotopic (exact) mass is 555 g/mol. The van der Waals surface area contributed by atoms with E-state index in [0.29, 0.717) is 10.7 Å². The van der Waals surface area contributed by atoms with Crippen molar-refractivity contribution in [1.29, 1.82) is 0 Å². The number of benzene rings is 3. The molecule has 202 valence electrons.